The molecular weight excluding hydrogens is 246 g/mol. The van der Waals surface area contributed by atoms with Crippen LogP contribution in [0.25, 0.3) is 0 Å². The molecule has 94 valence electrons. The average molecular weight is 261 g/mol. The first-order valence-electron chi connectivity index (χ1n) is 6.05. The predicted molar refractivity (Wildman–Crippen MR) is 71.9 cm³/mol. The molecule has 0 spiro atoms. The summed E-state index contributed by atoms with van der Waals surface area (Å²) in [4.78, 5) is 1.33. The summed E-state index contributed by atoms with van der Waals surface area (Å²) >= 11 is 1.86. The van der Waals surface area contributed by atoms with E-state index < -0.39 is 0 Å². The number of aromatic nitrogens is 2. The minimum absolute atomic E-state index is 0.256. The molecule has 1 aromatic heterocycles. The summed E-state index contributed by atoms with van der Waals surface area (Å²) in [6, 6.07) is 9.19. The van der Waals surface area contributed by atoms with Crippen LogP contribution in [0.1, 0.15) is 37.3 Å². The van der Waals surface area contributed by atoms with E-state index in [4.69, 9.17) is 4.42 Å². The molecule has 0 fully saturated rings. The Balaban J connectivity index is 1.78. The second-order valence-electron chi connectivity index (χ2n) is 4.65. The summed E-state index contributed by atoms with van der Waals surface area (Å²) in [6.07, 6.45) is 0. The fourth-order valence-electron chi connectivity index (χ4n) is 1.96. The molecule has 0 saturated carbocycles. The van der Waals surface area contributed by atoms with E-state index in [1.165, 1.54) is 10.5 Å². The van der Waals surface area contributed by atoms with Crippen LogP contribution in [-0.4, -0.2) is 16.0 Å². The molecule has 0 bridgehead atoms. The molecule has 3 rings (SSSR count). The van der Waals surface area contributed by atoms with Gasteiger partial charge in [-0.3, -0.25) is 0 Å². The van der Waals surface area contributed by atoms with Crippen molar-refractivity contribution in [1.29, 1.82) is 0 Å². The highest BCUT2D eigenvalue weighted by Gasteiger charge is 2.24. The molecule has 1 N–H and O–H groups in total. The van der Waals surface area contributed by atoms with Crippen LogP contribution in [0.3, 0.4) is 0 Å². The first-order chi connectivity index (χ1) is 8.74. The fraction of sp³-hybridized carbons (Fsp3) is 0.385. The Morgan fingerprint density at radius 2 is 2.17 bits per heavy atom. The lowest BCUT2D eigenvalue weighted by atomic mass is 10.1. The van der Waals surface area contributed by atoms with Gasteiger partial charge in [0.2, 0.25) is 5.89 Å². The van der Waals surface area contributed by atoms with Crippen LogP contribution < -0.4 is 5.32 Å². The molecule has 1 aromatic carbocycles. The number of fused-ring (bicyclic) bond motifs is 1. The molecule has 0 saturated heterocycles. The number of rotatable bonds is 3. The van der Waals surface area contributed by atoms with Crippen molar-refractivity contribution in [3.05, 3.63) is 35.7 Å². The highest BCUT2D eigenvalue weighted by atomic mass is 32.2. The van der Waals surface area contributed by atoms with Crippen LogP contribution in [0.4, 0.5) is 6.01 Å². The lowest BCUT2D eigenvalue weighted by Crippen LogP contribution is -2.09. The molecule has 4 nitrogen and oxygen atoms in total. The van der Waals surface area contributed by atoms with Crippen LogP contribution in [0, 0.1) is 0 Å². The van der Waals surface area contributed by atoms with Crippen molar-refractivity contribution >= 4 is 17.8 Å². The van der Waals surface area contributed by atoms with Crippen LogP contribution in [-0.2, 0) is 0 Å². The molecule has 18 heavy (non-hydrogen) atoms. The Hall–Kier alpha value is -1.49. The molecule has 2 aromatic rings. The number of hydrogen-bond donors (Lipinski definition) is 1. The van der Waals surface area contributed by atoms with Gasteiger partial charge in [0, 0.05) is 16.6 Å². The zero-order valence-corrected chi connectivity index (χ0v) is 11.2. The molecule has 1 aliphatic heterocycles. The quantitative estimate of drug-likeness (QED) is 0.917. The lowest BCUT2D eigenvalue weighted by molar-refractivity contribution is 0.477. The fourth-order valence-corrected chi connectivity index (χ4v) is 3.12. The van der Waals surface area contributed by atoms with Crippen molar-refractivity contribution in [2.45, 2.75) is 30.7 Å². The zero-order chi connectivity index (χ0) is 12.5. The van der Waals surface area contributed by atoms with Crippen LogP contribution in [0.5, 0.6) is 0 Å². The van der Waals surface area contributed by atoms with E-state index in [0.717, 1.165) is 5.75 Å². The summed E-state index contributed by atoms with van der Waals surface area (Å²) in [5.41, 5.74) is 1.31. The third-order valence-electron chi connectivity index (χ3n) is 2.93. The van der Waals surface area contributed by atoms with E-state index in [0.29, 0.717) is 11.9 Å². The Kier molecular flexibility index (Phi) is 2.99. The molecule has 0 amide bonds. The van der Waals surface area contributed by atoms with Gasteiger partial charge in [-0.05, 0) is 11.6 Å². The lowest BCUT2D eigenvalue weighted by Gasteiger charge is -2.10. The number of nitrogens with one attached hydrogen (secondary N) is 1. The predicted octanol–water partition coefficient (Wildman–Crippen LogP) is 3.45. The van der Waals surface area contributed by atoms with Gasteiger partial charge >= 0.3 is 6.01 Å². The highest BCUT2D eigenvalue weighted by Crippen LogP contribution is 2.39. The Morgan fingerprint density at radius 1 is 1.33 bits per heavy atom. The number of benzene rings is 1. The summed E-state index contributed by atoms with van der Waals surface area (Å²) in [5, 5.41) is 11.4. The Bertz CT molecular complexity index is 553. The molecular formula is C13H15N3OS. The monoisotopic (exact) mass is 261 g/mol. The van der Waals surface area contributed by atoms with Crippen molar-refractivity contribution in [2.75, 3.05) is 11.1 Å². The Labute approximate surface area is 110 Å². The largest absolute Gasteiger partial charge is 0.408 e. The maximum Gasteiger partial charge on any atom is 0.315 e. The van der Waals surface area contributed by atoms with Gasteiger partial charge < -0.3 is 9.73 Å². The minimum Gasteiger partial charge on any atom is -0.408 e. The number of nitrogens with zero attached hydrogens (tertiary/aromatic N) is 2. The number of thioether (sulfide) groups is 1. The minimum atomic E-state index is 0.256. The topological polar surface area (TPSA) is 51.0 Å². The van der Waals surface area contributed by atoms with Crippen LogP contribution in [0.2, 0.25) is 0 Å². The molecule has 0 aliphatic carbocycles. The van der Waals surface area contributed by atoms with Crippen molar-refractivity contribution in [2.24, 2.45) is 0 Å². The molecule has 5 heteroatoms. The maximum absolute atomic E-state index is 5.58. The van der Waals surface area contributed by atoms with Gasteiger partial charge in [0.15, 0.2) is 0 Å². The third kappa shape index (κ3) is 2.10. The van der Waals surface area contributed by atoms with E-state index in [1.54, 1.807) is 0 Å². The molecule has 1 aliphatic rings. The smallest absolute Gasteiger partial charge is 0.315 e. The van der Waals surface area contributed by atoms with E-state index in [1.807, 2.05) is 25.6 Å². The van der Waals surface area contributed by atoms with Gasteiger partial charge in [-0.25, -0.2) is 0 Å². The van der Waals surface area contributed by atoms with Gasteiger partial charge in [-0.1, -0.05) is 37.1 Å². The van der Waals surface area contributed by atoms with Crippen molar-refractivity contribution in [1.82, 2.24) is 10.2 Å². The van der Waals surface area contributed by atoms with Crippen LogP contribution in [0.15, 0.2) is 33.6 Å². The summed E-state index contributed by atoms with van der Waals surface area (Å²) in [7, 11) is 0. The van der Waals surface area contributed by atoms with Gasteiger partial charge in [-0.2, -0.15) is 0 Å². The zero-order valence-electron chi connectivity index (χ0n) is 10.4. The van der Waals surface area contributed by atoms with Gasteiger partial charge in [-0.15, -0.1) is 16.9 Å². The summed E-state index contributed by atoms with van der Waals surface area (Å²) in [5.74, 6) is 1.94. The van der Waals surface area contributed by atoms with Gasteiger partial charge in [0.1, 0.15) is 0 Å². The molecule has 1 unspecified atom stereocenters. The normalized spacial score (nSPS) is 18.1. The molecule has 1 atom stereocenters. The van der Waals surface area contributed by atoms with Crippen LogP contribution >= 0.6 is 11.8 Å². The Morgan fingerprint density at radius 3 is 2.94 bits per heavy atom. The second-order valence-corrected chi connectivity index (χ2v) is 5.71. The van der Waals surface area contributed by atoms with E-state index in [-0.39, 0.29) is 12.0 Å². The standard InChI is InChI=1S/C13H15N3OS/c1-8(2)12-15-16-13(17-12)14-10-7-18-11-6-4-3-5-9(10)11/h3-6,8,10H,7H2,1-2H3,(H,14,16). The van der Waals surface area contributed by atoms with E-state index in [2.05, 4.69) is 39.8 Å². The average Bonchev–Trinajstić information content (AvgIpc) is 2.98. The highest BCUT2D eigenvalue weighted by molar-refractivity contribution is 7.99. The summed E-state index contributed by atoms with van der Waals surface area (Å²) < 4.78 is 5.58. The number of hydrogen-bond acceptors (Lipinski definition) is 5. The van der Waals surface area contributed by atoms with E-state index >= 15 is 0 Å². The molecule has 0 radical (unpaired) electrons. The van der Waals surface area contributed by atoms with E-state index in [9.17, 15) is 0 Å². The maximum atomic E-state index is 5.58. The van der Waals surface area contributed by atoms with Crippen molar-refractivity contribution in [3.63, 3.8) is 0 Å². The SMILES string of the molecule is CC(C)c1nnc(NC2CSc3ccccc32)o1. The van der Waals surface area contributed by atoms with Gasteiger partial charge in [0.05, 0.1) is 6.04 Å². The third-order valence-corrected chi connectivity index (χ3v) is 4.11. The van der Waals surface area contributed by atoms with Crippen molar-refractivity contribution in [3.8, 4) is 0 Å². The van der Waals surface area contributed by atoms with Gasteiger partial charge in [0.25, 0.3) is 0 Å². The molecule has 2 heterocycles. The first-order valence-corrected chi connectivity index (χ1v) is 7.04. The first kappa shape index (κ1) is 11.6. The summed E-state index contributed by atoms with van der Waals surface area (Å²) in [6.45, 7) is 4.08. The number of anilines is 1. The van der Waals surface area contributed by atoms with Crippen molar-refractivity contribution < 1.29 is 4.42 Å². The second kappa shape index (κ2) is 4.65.